The number of carbonyl (C=O) groups is 4. The van der Waals surface area contributed by atoms with E-state index in [1.54, 1.807) is 43.8 Å². The number of aryl methyl sites for hydroxylation is 4. The first kappa shape index (κ1) is 48.1. The van der Waals surface area contributed by atoms with Gasteiger partial charge in [0.15, 0.2) is 0 Å². The molecule has 334 valence electrons. The first-order valence-corrected chi connectivity index (χ1v) is 22.1. The number of imidazole rings is 1. The first-order chi connectivity index (χ1) is 28.7. The molecule has 0 aliphatic heterocycles. The molecule has 0 unspecified atom stereocenters. The number of carbonyl (C=O) groups excluding carboxylic acids is 4. The molecule has 0 aliphatic rings. The molecule has 2 aromatic carbocycles. The van der Waals surface area contributed by atoms with E-state index in [0.717, 1.165) is 12.7 Å². The first-order valence-electron chi connectivity index (χ1n) is 18.9. The Morgan fingerprint density at radius 2 is 1.62 bits per heavy atom. The Bertz CT molecular complexity index is 2370. The van der Waals surface area contributed by atoms with E-state index in [4.69, 9.17) is 9.47 Å². The zero-order valence-corrected chi connectivity index (χ0v) is 36.2. The Morgan fingerprint density at radius 1 is 0.934 bits per heavy atom. The number of sulfonamides is 1. The number of hydrogen-bond acceptors (Lipinski definition) is 15. The summed E-state index contributed by atoms with van der Waals surface area (Å²) in [7, 11) is -2.24. The molecule has 0 bridgehead atoms. The van der Waals surface area contributed by atoms with Crippen molar-refractivity contribution in [3.8, 4) is 5.75 Å². The second kappa shape index (κ2) is 21.3. The molecular formula is C38H53N9O12S2. The van der Waals surface area contributed by atoms with Crippen molar-refractivity contribution in [2.24, 2.45) is 14.1 Å². The smallest absolute Gasteiger partial charge is 0.325 e. The van der Waals surface area contributed by atoms with E-state index in [1.165, 1.54) is 25.4 Å². The molecule has 2 aromatic heterocycles. The Kier molecular flexibility index (Phi) is 16.8. The van der Waals surface area contributed by atoms with Crippen molar-refractivity contribution >= 4 is 61.4 Å². The summed E-state index contributed by atoms with van der Waals surface area (Å²) in [6, 6.07) is 5.58. The highest BCUT2D eigenvalue weighted by atomic mass is 32.3. The van der Waals surface area contributed by atoms with Crippen LogP contribution in [-0.4, -0.2) is 118 Å². The van der Waals surface area contributed by atoms with Crippen LogP contribution < -0.4 is 41.5 Å². The Labute approximate surface area is 354 Å². The lowest BCUT2D eigenvalue weighted by Gasteiger charge is -2.24. The summed E-state index contributed by atoms with van der Waals surface area (Å²) < 4.78 is 71.3. The van der Waals surface area contributed by atoms with Gasteiger partial charge in [0.05, 0.1) is 40.8 Å². The Balaban J connectivity index is 1.31. The third kappa shape index (κ3) is 13.5. The van der Waals surface area contributed by atoms with Crippen molar-refractivity contribution < 1.29 is 50.7 Å². The number of rotatable bonds is 22. The summed E-state index contributed by atoms with van der Waals surface area (Å²) in [5.41, 5.74) is 1.26. The van der Waals surface area contributed by atoms with Crippen molar-refractivity contribution in [1.82, 2.24) is 40.1 Å². The van der Waals surface area contributed by atoms with E-state index >= 15 is 0 Å². The number of esters is 1. The van der Waals surface area contributed by atoms with Gasteiger partial charge in [-0.2, -0.15) is 4.72 Å². The van der Waals surface area contributed by atoms with E-state index in [2.05, 4.69) is 36.3 Å². The number of hydrogen-bond donors (Lipinski definition) is 9. The fraction of sp³-hybridized carbons (Fsp3) is 0.421. The van der Waals surface area contributed by atoms with Gasteiger partial charge in [0, 0.05) is 70.7 Å². The molecule has 0 saturated heterocycles. The van der Waals surface area contributed by atoms with Gasteiger partial charge in [-0.05, 0) is 68.3 Å². The number of fused-ring (bicyclic) bond motifs is 1. The molecule has 21 nitrogen and oxygen atoms in total. The van der Waals surface area contributed by atoms with Crippen LogP contribution in [0.2, 0.25) is 0 Å². The van der Waals surface area contributed by atoms with Crippen LogP contribution in [0.5, 0.6) is 5.75 Å². The highest BCUT2D eigenvalue weighted by molar-refractivity contribution is 8.19. The number of nitrogens with zero attached hydrogens (tertiary/aromatic N) is 3. The fourth-order valence-electron chi connectivity index (χ4n) is 6.32. The van der Waals surface area contributed by atoms with E-state index < -0.39 is 68.5 Å². The third-order valence-electron chi connectivity index (χ3n) is 9.34. The van der Waals surface area contributed by atoms with Crippen LogP contribution in [0.3, 0.4) is 0 Å². The van der Waals surface area contributed by atoms with E-state index in [1.807, 2.05) is 23.9 Å². The minimum atomic E-state index is -4.39. The zero-order chi connectivity index (χ0) is 45.1. The molecule has 0 spiro atoms. The lowest BCUT2D eigenvalue weighted by Crippen LogP contribution is -2.49. The average Bonchev–Trinajstić information content (AvgIpc) is 3.61. The summed E-state index contributed by atoms with van der Waals surface area (Å²) in [6.45, 7) is 3.25. The van der Waals surface area contributed by atoms with Gasteiger partial charge in [-0.25, -0.2) is 13.4 Å². The lowest BCUT2D eigenvalue weighted by molar-refractivity contribution is -0.142. The summed E-state index contributed by atoms with van der Waals surface area (Å²) in [6.07, 6.45) is 5.23. The quantitative estimate of drug-likeness (QED) is 0.0392. The molecule has 4 aromatic rings. The summed E-state index contributed by atoms with van der Waals surface area (Å²) >= 11 is 0. The van der Waals surface area contributed by atoms with Crippen molar-refractivity contribution in [3.05, 3.63) is 81.4 Å². The number of benzene rings is 2. The Morgan fingerprint density at radius 3 is 2.25 bits per heavy atom. The lowest BCUT2D eigenvalue weighted by atomic mass is 10.1. The monoisotopic (exact) mass is 891 g/mol. The minimum absolute atomic E-state index is 0.0581. The van der Waals surface area contributed by atoms with Crippen LogP contribution >= 0.6 is 10.9 Å². The third-order valence-corrected chi connectivity index (χ3v) is 11.9. The van der Waals surface area contributed by atoms with Crippen LogP contribution in [0.4, 0.5) is 5.95 Å². The van der Waals surface area contributed by atoms with Gasteiger partial charge in [0.2, 0.25) is 33.2 Å². The molecule has 4 rings (SSSR count). The molecule has 61 heavy (non-hydrogen) atoms. The second-order valence-electron chi connectivity index (χ2n) is 14.1. The molecule has 3 amide bonds. The van der Waals surface area contributed by atoms with Crippen molar-refractivity contribution in [2.45, 2.75) is 50.2 Å². The highest BCUT2D eigenvalue weighted by Crippen LogP contribution is 2.33. The van der Waals surface area contributed by atoms with Crippen LogP contribution in [0.1, 0.15) is 39.9 Å². The molecule has 9 N–H and O–H groups in total. The number of nitrogens with one attached hydrogen (secondary N) is 6. The van der Waals surface area contributed by atoms with Gasteiger partial charge in [0.25, 0.3) is 5.91 Å². The van der Waals surface area contributed by atoms with Gasteiger partial charge >= 0.3 is 5.97 Å². The molecule has 0 saturated carbocycles. The van der Waals surface area contributed by atoms with E-state index in [9.17, 15) is 46.0 Å². The normalized spacial score (nSPS) is 12.9. The molecule has 2 heterocycles. The summed E-state index contributed by atoms with van der Waals surface area (Å²) in [4.78, 5) is 68.1. The number of aromatic nitrogens is 3. The van der Waals surface area contributed by atoms with Gasteiger partial charge in [0.1, 0.15) is 23.4 Å². The number of anilines is 1. The van der Waals surface area contributed by atoms with Crippen LogP contribution in [0, 0.1) is 13.8 Å². The molecule has 0 radical (unpaired) electrons. The van der Waals surface area contributed by atoms with Gasteiger partial charge in [-0.3, -0.25) is 24.0 Å². The predicted molar refractivity (Wildman–Crippen MR) is 228 cm³/mol. The topological polar surface area (TPSA) is 294 Å². The SMILES string of the molecule is CN[C@@H](CS(O)(O)O)C(=O)NCCNC(=O)CCCOc1cc(C)c(S(=O)(=O)N[C@@H](CNC(=O)c2cn(C)c3cc(CNc4nccn4C)ccc3c2=O)C(=O)OC)c(C)c1. The average molecular weight is 892 g/mol. The zero-order valence-electron chi connectivity index (χ0n) is 34.6. The number of likely N-dealkylation sites (N-methyl/N-ethyl adjacent to an activating group) is 1. The maximum absolute atomic E-state index is 13.7. The van der Waals surface area contributed by atoms with Gasteiger partial charge < -0.3 is 58.9 Å². The van der Waals surface area contributed by atoms with E-state index in [-0.39, 0.29) is 59.0 Å². The largest absolute Gasteiger partial charge is 0.494 e. The van der Waals surface area contributed by atoms with E-state index in [0.29, 0.717) is 30.2 Å². The van der Waals surface area contributed by atoms with Crippen molar-refractivity contribution in [1.29, 1.82) is 0 Å². The summed E-state index contributed by atoms with van der Waals surface area (Å²) in [5, 5.41) is 13.7. The molecule has 0 aliphatic carbocycles. The Hall–Kier alpha value is -5.56. The van der Waals surface area contributed by atoms with Crippen molar-refractivity contribution in [3.63, 3.8) is 0 Å². The molecular weight excluding hydrogens is 839 g/mol. The summed E-state index contributed by atoms with van der Waals surface area (Å²) in [5.74, 6) is -2.28. The highest BCUT2D eigenvalue weighted by Gasteiger charge is 2.30. The maximum atomic E-state index is 13.7. The molecule has 0 fully saturated rings. The molecule has 23 heteroatoms. The number of amides is 3. The number of methoxy groups -OCH3 is 1. The number of pyridine rings is 1. The number of ether oxygens (including phenoxy) is 2. The van der Waals surface area contributed by atoms with Crippen molar-refractivity contribution in [2.75, 3.05) is 51.5 Å². The van der Waals surface area contributed by atoms with Crippen LogP contribution in [0.25, 0.3) is 10.9 Å². The minimum Gasteiger partial charge on any atom is -0.494 e. The standard InChI is InChI=1S/C38H53N9O12S2/c1-23-16-26(59-15-7-8-32(48)40-11-12-41-36(51)30(39-3)22-60(53,54)55)17-24(2)34(23)61(56,57)45-29(37(52)58-6)20-43-35(50)28-21-47(5)31-18-25(9-10-27(31)33(28)49)19-44-38-42-13-14-46(38)4/h9-10,13-14,16-18,21,29-30,39,45,53-55H,7-8,11-12,15,19-20,22H2,1-6H3,(H,40,48)(H,41,51)(H,42,44)(H,43,50)/t29-,30-/m0/s1. The van der Waals surface area contributed by atoms with Gasteiger partial charge in [-0.15, -0.1) is 0 Å². The fourth-order valence-corrected chi connectivity index (χ4v) is 8.72. The molecule has 2 atom stereocenters. The van der Waals surface area contributed by atoms with Crippen LogP contribution in [-0.2, 0) is 49.8 Å². The maximum Gasteiger partial charge on any atom is 0.325 e. The second-order valence-corrected chi connectivity index (χ2v) is 17.3. The van der Waals surface area contributed by atoms with Crippen LogP contribution in [0.15, 0.2) is 58.6 Å². The van der Waals surface area contributed by atoms with Gasteiger partial charge in [-0.1, -0.05) is 6.07 Å². The predicted octanol–water partition coefficient (Wildman–Crippen LogP) is 0.954.